The maximum Gasteiger partial charge on any atom is 0.495 e. The van der Waals surface area contributed by atoms with Crippen LogP contribution < -0.4 is 5.46 Å². The van der Waals surface area contributed by atoms with Crippen LogP contribution in [0, 0.1) is 0 Å². The topological polar surface area (TPSA) is 31.4 Å². The minimum Gasteiger partial charge on any atom is -0.399 e. The molecule has 2 aromatic heterocycles. The standard InChI is InChI=1S/C21H20BNO2S2/c1-20(2)21(3,4)25-22(24-20)14-8-7-11-16-13(14)12-18(26-16)19-23-15-9-5-6-10-17(15)27-19/h5-12H,1-4H3. The lowest BCUT2D eigenvalue weighted by atomic mass is 9.77. The van der Waals surface area contributed by atoms with E-state index in [0.29, 0.717) is 0 Å². The van der Waals surface area contributed by atoms with Crippen LogP contribution in [-0.4, -0.2) is 23.3 Å². The van der Waals surface area contributed by atoms with Crippen LogP contribution in [-0.2, 0) is 9.31 Å². The summed E-state index contributed by atoms with van der Waals surface area (Å²) in [5, 5.41) is 2.26. The Kier molecular flexibility index (Phi) is 3.79. The monoisotopic (exact) mass is 393 g/mol. The summed E-state index contributed by atoms with van der Waals surface area (Å²) in [5.74, 6) is 0. The fourth-order valence-corrected chi connectivity index (χ4v) is 5.45. The number of hydrogen-bond donors (Lipinski definition) is 0. The number of fused-ring (bicyclic) bond motifs is 2. The number of rotatable bonds is 2. The average Bonchev–Trinajstić information content (AvgIpc) is 3.28. The molecule has 0 spiro atoms. The molecule has 3 nitrogen and oxygen atoms in total. The summed E-state index contributed by atoms with van der Waals surface area (Å²) < 4.78 is 15.0. The van der Waals surface area contributed by atoms with Gasteiger partial charge in [-0.3, -0.25) is 0 Å². The van der Waals surface area contributed by atoms with Gasteiger partial charge in [-0.15, -0.1) is 22.7 Å². The number of aromatic nitrogens is 1. The molecule has 1 aliphatic heterocycles. The van der Waals surface area contributed by atoms with Gasteiger partial charge in [0.2, 0.25) is 0 Å². The third kappa shape index (κ3) is 2.74. The molecule has 0 saturated carbocycles. The molecule has 5 rings (SSSR count). The molecule has 0 amide bonds. The first kappa shape index (κ1) is 17.4. The zero-order valence-corrected chi connectivity index (χ0v) is 17.4. The number of hydrogen-bond acceptors (Lipinski definition) is 5. The Morgan fingerprint density at radius 2 is 1.56 bits per heavy atom. The molecule has 0 bridgehead atoms. The van der Waals surface area contributed by atoms with Gasteiger partial charge in [0.15, 0.2) is 0 Å². The van der Waals surface area contributed by atoms with Crippen LogP contribution in [0.4, 0.5) is 0 Å². The fourth-order valence-electron chi connectivity index (χ4n) is 3.34. The molecule has 2 aromatic carbocycles. The highest BCUT2D eigenvalue weighted by atomic mass is 32.1. The largest absolute Gasteiger partial charge is 0.495 e. The van der Waals surface area contributed by atoms with Gasteiger partial charge < -0.3 is 9.31 Å². The van der Waals surface area contributed by atoms with E-state index in [9.17, 15) is 0 Å². The second-order valence-corrected chi connectivity index (χ2v) is 10.1. The predicted octanol–water partition coefficient (Wildman–Crippen LogP) is 5.48. The van der Waals surface area contributed by atoms with E-state index >= 15 is 0 Å². The summed E-state index contributed by atoms with van der Waals surface area (Å²) >= 11 is 3.52. The molecule has 6 heteroatoms. The van der Waals surface area contributed by atoms with Crippen LogP contribution >= 0.6 is 22.7 Å². The quantitative estimate of drug-likeness (QED) is 0.423. The zero-order chi connectivity index (χ0) is 18.8. The number of thiazole rings is 1. The number of thiophene rings is 1. The van der Waals surface area contributed by atoms with E-state index in [2.05, 4.69) is 70.2 Å². The van der Waals surface area contributed by atoms with E-state index in [1.54, 1.807) is 22.7 Å². The average molecular weight is 393 g/mol. The van der Waals surface area contributed by atoms with E-state index < -0.39 is 0 Å². The Bertz CT molecular complexity index is 1110. The summed E-state index contributed by atoms with van der Waals surface area (Å²) in [4.78, 5) is 6.01. The molecular formula is C21H20BNO2S2. The molecule has 0 radical (unpaired) electrons. The minimum absolute atomic E-state index is 0.342. The second-order valence-electron chi connectivity index (χ2n) is 7.94. The highest BCUT2D eigenvalue weighted by Crippen LogP contribution is 2.40. The van der Waals surface area contributed by atoms with Crippen molar-refractivity contribution in [1.29, 1.82) is 0 Å². The molecule has 0 atom stereocenters. The van der Waals surface area contributed by atoms with Gasteiger partial charge in [-0.2, -0.15) is 0 Å². The smallest absolute Gasteiger partial charge is 0.399 e. The van der Waals surface area contributed by atoms with E-state index in [4.69, 9.17) is 14.3 Å². The van der Waals surface area contributed by atoms with Crippen molar-refractivity contribution in [3.63, 3.8) is 0 Å². The van der Waals surface area contributed by atoms with E-state index in [0.717, 1.165) is 16.0 Å². The van der Waals surface area contributed by atoms with Gasteiger partial charge in [0.1, 0.15) is 5.01 Å². The number of para-hydroxylation sites is 1. The molecule has 1 fully saturated rings. The normalized spacial score (nSPS) is 18.6. The van der Waals surface area contributed by atoms with Gasteiger partial charge in [-0.25, -0.2) is 4.98 Å². The molecule has 27 heavy (non-hydrogen) atoms. The Hall–Kier alpha value is -1.73. The lowest BCUT2D eigenvalue weighted by Crippen LogP contribution is -2.41. The molecule has 3 heterocycles. The van der Waals surface area contributed by atoms with Gasteiger partial charge >= 0.3 is 7.12 Å². The van der Waals surface area contributed by atoms with Crippen molar-refractivity contribution in [1.82, 2.24) is 4.98 Å². The first-order valence-corrected chi connectivity index (χ1v) is 10.7. The van der Waals surface area contributed by atoms with Crippen molar-refractivity contribution >= 4 is 55.6 Å². The third-order valence-electron chi connectivity index (χ3n) is 5.61. The molecule has 0 N–H and O–H groups in total. The number of nitrogens with zero attached hydrogens (tertiary/aromatic N) is 1. The maximum absolute atomic E-state index is 6.29. The zero-order valence-electron chi connectivity index (χ0n) is 15.8. The maximum atomic E-state index is 6.29. The van der Waals surface area contributed by atoms with E-state index in [-0.39, 0.29) is 18.3 Å². The number of benzene rings is 2. The Morgan fingerprint density at radius 3 is 2.30 bits per heavy atom. The van der Waals surface area contributed by atoms with Crippen LogP contribution in [0.2, 0.25) is 0 Å². The highest BCUT2D eigenvalue weighted by molar-refractivity contribution is 7.28. The van der Waals surface area contributed by atoms with Gasteiger partial charge in [0.25, 0.3) is 0 Å². The van der Waals surface area contributed by atoms with Crippen molar-refractivity contribution in [3.8, 4) is 9.88 Å². The second kappa shape index (κ2) is 5.88. The molecule has 4 aromatic rings. The van der Waals surface area contributed by atoms with Crippen LogP contribution in [0.5, 0.6) is 0 Å². The van der Waals surface area contributed by atoms with Crippen molar-refractivity contribution < 1.29 is 9.31 Å². The Morgan fingerprint density at radius 1 is 0.852 bits per heavy atom. The molecule has 136 valence electrons. The van der Waals surface area contributed by atoms with Crippen molar-refractivity contribution in [2.45, 2.75) is 38.9 Å². The first-order chi connectivity index (χ1) is 12.8. The van der Waals surface area contributed by atoms with Crippen molar-refractivity contribution in [2.75, 3.05) is 0 Å². The van der Waals surface area contributed by atoms with Gasteiger partial charge in [0.05, 0.1) is 26.3 Å². The van der Waals surface area contributed by atoms with Crippen molar-refractivity contribution in [2.24, 2.45) is 0 Å². The van der Waals surface area contributed by atoms with Gasteiger partial charge in [0, 0.05) is 4.70 Å². The van der Waals surface area contributed by atoms with E-state index in [1.807, 2.05) is 6.07 Å². The molecule has 1 saturated heterocycles. The van der Waals surface area contributed by atoms with Gasteiger partial charge in [-0.05, 0) is 62.8 Å². The predicted molar refractivity (Wildman–Crippen MR) is 116 cm³/mol. The van der Waals surface area contributed by atoms with Crippen LogP contribution in [0.15, 0.2) is 48.5 Å². The highest BCUT2D eigenvalue weighted by Gasteiger charge is 2.52. The summed E-state index contributed by atoms with van der Waals surface area (Å²) in [6.45, 7) is 8.36. The molecule has 0 unspecified atom stereocenters. The van der Waals surface area contributed by atoms with Crippen LogP contribution in [0.3, 0.4) is 0 Å². The Balaban J connectivity index is 1.60. The minimum atomic E-state index is -0.350. The fraction of sp³-hybridized carbons (Fsp3) is 0.286. The van der Waals surface area contributed by atoms with Crippen molar-refractivity contribution in [3.05, 3.63) is 48.5 Å². The SMILES string of the molecule is CC1(C)OB(c2cccc3sc(-c4nc5ccccc5s4)cc23)OC1(C)C. The summed E-state index contributed by atoms with van der Waals surface area (Å²) in [5.41, 5.74) is 1.47. The summed E-state index contributed by atoms with van der Waals surface area (Å²) in [6.07, 6.45) is 0. The summed E-state index contributed by atoms with van der Waals surface area (Å²) in [6, 6.07) is 16.9. The first-order valence-electron chi connectivity index (χ1n) is 9.08. The molecule has 0 aliphatic carbocycles. The van der Waals surface area contributed by atoms with E-state index in [1.165, 1.54) is 19.7 Å². The lowest BCUT2D eigenvalue weighted by molar-refractivity contribution is 0.00578. The van der Waals surface area contributed by atoms with Crippen LogP contribution in [0.25, 0.3) is 30.2 Å². The van der Waals surface area contributed by atoms with Crippen LogP contribution in [0.1, 0.15) is 27.7 Å². The third-order valence-corrected chi connectivity index (χ3v) is 7.91. The molecular weight excluding hydrogens is 373 g/mol. The van der Waals surface area contributed by atoms with Gasteiger partial charge in [-0.1, -0.05) is 24.3 Å². The summed E-state index contributed by atoms with van der Waals surface area (Å²) in [7, 11) is -0.350. The lowest BCUT2D eigenvalue weighted by Gasteiger charge is -2.32. The molecule has 1 aliphatic rings. The Labute approximate surface area is 167 Å².